The highest BCUT2D eigenvalue weighted by Crippen LogP contribution is 2.26. The molecule has 0 saturated carbocycles. The molecule has 0 radical (unpaired) electrons. The van der Waals surface area contributed by atoms with Gasteiger partial charge < -0.3 is 9.64 Å². The average molecular weight is 378 g/mol. The van der Waals surface area contributed by atoms with E-state index in [9.17, 15) is 14.4 Å². The number of benzene rings is 2. The molecule has 4 rings (SSSR count). The summed E-state index contributed by atoms with van der Waals surface area (Å²) in [6, 6.07) is 16.5. The van der Waals surface area contributed by atoms with E-state index in [0.29, 0.717) is 30.8 Å². The summed E-state index contributed by atoms with van der Waals surface area (Å²) in [7, 11) is 0. The van der Waals surface area contributed by atoms with E-state index >= 15 is 0 Å². The SMILES string of the molecule is O=C(OCc1ccccc1)N1CCC(CN2C(=O)c3ccccc3C2=O)CC1. The first-order valence-electron chi connectivity index (χ1n) is 9.54. The van der Waals surface area contributed by atoms with Crippen molar-refractivity contribution in [3.63, 3.8) is 0 Å². The molecule has 2 aliphatic heterocycles. The van der Waals surface area contributed by atoms with E-state index in [0.717, 1.165) is 18.4 Å². The molecule has 1 saturated heterocycles. The Hall–Kier alpha value is -3.15. The van der Waals surface area contributed by atoms with Gasteiger partial charge in [0.25, 0.3) is 11.8 Å². The summed E-state index contributed by atoms with van der Waals surface area (Å²) in [5.41, 5.74) is 1.92. The Bertz CT molecular complexity index is 853. The summed E-state index contributed by atoms with van der Waals surface area (Å²) < 4.78 is 5.38. The van der Waals surface area contributed by atoms with E-state index in [1.165, 1.54) is 4.90 Å². The minimum absolute atomic E-state index is 0.195. The topological polar surface area (TPSA) is 66.9 Å². The molecule has 2 aromatic rings. The summed E-state index contributed by atoms with van der Waals surface area (Å²) in [4.78, 5) is 40.3. The zero-order chi connectivity index (χ0) is 19.5. The molecule has 0 aliphatic carbocycles. The maximum Gasteiger partial charge on any atom is 0.410 e. The van der Waals surface area contributed by atoms with Crippen LogP contribution in [0.1, 0.15) is 39.1 Å². The third-order valence-corrected chi connectivity index (χ3v) is 5.40. The first kappa shape index (κ1) is 18.2. The van der Waals surface area contributed by atoms with Gasteiger partial charge in [-0.25, -0.2) is 4.79 Å². The van der Waals surface area contributed by atoms with E-state index in [-0.39, 0.29) is 30.4 Å². The number of imide groups is 1. The van der Waals surface area contributed by atoms with Crippen LogP contribution in [-0.4, -0.2) is 47.3 Å². The highest BCUT2D eigenvalue weighted by atomic mass is 16.6. The molecule has 0 N–H and O–H groups in total. The Kier molecular flexibility index (Phi) is 5.10. The lowest BCUT2D eigenvalue weighted by Gasteiger charge is -2.32. The standard InChI is InChI=1S/C22H22N2O4/c25-20-18-8-4-5-9-19(18)21(26)24(20)14-16-10-12-23(13-11-16)22(27)28-15-17-6-2-1-3-7-17/h1-9,16H,10-15H2. The zero-order valence-electron chi connectivity index (χ0n) is 15.5. The van der Waals surface area contributed by atoms with Crippen LogP contribution >= 0.6 is 0 Å². The van der Waals surface area contributed by atoms with Gasteiger partial charge in [-0.3, -0.25) is 14.5 Å². The Morgan fingerprint density at radius 3 is 2.07 bits per heavy atom. The summed E-state index contributed by atoms with van der Waals surface area (Å²) in [6.45, 7) is 1.80. The van der Waals surface area contributed by atoms with Crippen LogP contribution in [0.15, 0.2) is 54.6 Å². The van der Waals surface area contributed by atoms with Crippen molar-refractivity contribution >= 4 is 17.9 Å². The highest BCUT2D eigenvalue weighted by molar-refractivity contribution is 6.21. The number of ether oxygens (including phenoxy) is 1. The summed E-state index contributed by atoms with van der Waals surface area (Å²) in [6.07, 6.45) is 1.17. The number of fused-ring (bicyclic) bond motifs is 1. The second-order valence-electron chi connectivity index (χ2n) is 7.24. The lowest BCUT2D eigenvalue weighted by Crippen LogP contribution is -2.43. The molecule has 28 heavy (non-hydrogen) atoms. The van der Waals surface area contributed by atoms with Crippen molar-refractivity contribution in [3.8, 4) is 0 Å². The number of carbonyl (C=O) groups is 3. The largest absolute Gasteiger partial charge is 0.445 e. The minimum atomic E-state index is -0.317. The first-order valence-corrected chi connectivity index (χ1v) is 9.54. The third-order valence-electron chi connectivity index (χ3n) is 5.40. The van der Waals surface area contributed by atoms with Crippen molar-refractivity contribution in [1.82, 2.24) is 9.80 Å². The molecular formula is C22H22N2O4. The van der Waals surface area contributed by atoms with Crippen LogP contribution < -0.4 is 0 Å². The van der Waals surface area contributed by atoms with Crippen LogP contribution in [0, 0.1) is 5.92 Å². The number of amides is 3. The van der Waals surface area contributed by atoms with Crippen LogP contribution in [0.3, 0.4) is 0 Å². The Labute approximate surface area is 163 Å². The highest BCUT2D eigenvalue weighted by Gasteiger charge is 2.37. The van der Waals surface area contributed by atoms with E-state index in [4.69, 9.17) is 4.74 Å². The summed E-state index contributed by atoms with van der Waals surface area (Å²) >= 11 is 0. The Balaban J connectivity index is 1.27. The van der Waals surface area contributed by atoms with Crippen LogP contribution in [-0.2, 0) is 11.3 Å². The maximum absolute atomic E-state index is 12.5. The molecule has 6 nitrogen and oxygen atoms in total. The van der Waals surface area contributed by atoms with Gasteiger partial charge in [0, 0.05) is 19.6 Å². The first-order chi connectivity index (χ1) is 13.6. The smallest absolute Gasteiger partial charge is 0.410 e. The molecule has 2 heterocycles. The molecule has 2 aromatic carbocycles. The Morgan fingerprint density at radius 2 is 1.46 bits per heavy atom. The van der Waals surface area contributed by atoms with Crippen molar-refractivity contribution in [3.05, 3.63) is 71.3 Å². The molecule has 0 aromatic heterocycles. The molecule has 0 bridgehead atoms. The fourth-order valence-corrected chi connectivity index (χ4v) is 3.77. The molecule has 0 spiro atoms. The molecule has 6 heteroatoms. The molecule has 2 aliphatic rings. The van der Waals surface area contributed by atoms with Crippen LogP contribution in [0.5, 0.6) is 0 Å². The zero-order valence-corrected chi connectivity index (χ0v) is 15.5. The number of nitrogens with zero attached hydrogens (tertiary/aromatic N) is 2. The van der Waals surface area contributed by atoms with Crippen molar-refractivity contribution in [1.29, 1.82) is 0 Å². The second-order valence-corrected chi connectivity index (χ2v) is 7.24. The molecule has 1 fully saturated rings. The normalized spacial score (nSPS) is 17.0. The van der Waals surface area contributed by atoms with Crippen molar-refractivity contribution in [2.75, 3.05) is 19.6 Å². The number of piperidine rings is 1. The average Bonchev–Trinajstić information content (AvgIpc) is 2.98. The lowest BCUT2D eigenvalue weighted by molar-refractivity contribution is 0.0566. The Morgan fingerprint density at radius 1 is 0.893 bits per heavy atom. The third kappa shape index (κ3) is 3.63. The fourth-order valence-electron chi connectivity index (χ4n) is 3.77. The van der Waals surface area contributed by atoms with Gasteiger partial charge >= 0.3 is 6.09 Å². The quantitative estimate of drug-likeness (QED) is 0.766. The summed E-state index contributed by atoms with van der Waals surface area (Å²) in [5, 5.41) is 0. The number of likely N-dealkylation sites (tertiary alicyclic amines) is 1. The van der Waals surface area contributed by atoms with Gasteiger partial charge in [0.15, 0.2) is 0 Å². The van der Waals surface area contributed by atoms with Crippen LogP contribution in [0.4, 0.5) is 4.79 Å². The summed E-state index contributed by atoms with van der Waals surface area (Å²) in [5.74, 6) is -0.240. The number of hydrogen-bond acceptors (Lipinski definition) is 4. The molecule has 0 unspecified atom stereocenters. The minimum Gasteiger partial charge on any atom is -0.445 e. The lowest BCUT2D eigenvalue weighted by atomic mass is 9.96. The van der Waals surface area contributed by atoms with E-state index in [1.807, 2.05) is 30.3 Å². The predicted octanol–water partition coefficient (Wildman–Crippen LogP) is 3.33. The van der Waals surface area contributed by atoms with Crippen LogP contribution in [0.2, 0.25) is 0 Å². The molecule has 0 atom stereocenters. The monoisotopic (exact) mass is 378 g/mol. The van der Waals surface area contributed by atoms with Gasteiger partial charge in [-0.1, -0.05) is 42.5 Å². The van der Waals surface area contributed by atoms with Gasteiger partial charge in [0.05, 0.1) is 11.1 Å². The number of hydrogen-bond donors (Lipinski definition) is 0. The van der Waals surface area contributed by atoms with Crippen molar-refractivity contribution < 1.29 is 19.1 Å². The molecular weight excluding hydrogens is 356 g/mol. The van der Waals surface area contributed by atoms with Crippen molar-refractivity contribution in [2.45, 2.75) is 19.4 Å². The maximum atomic E-state index is 12.5. The number of carbonyl (C=O) groups excluding carboxylic acids is 3. The van der Waals surface area contributed by atoms with Crippen molar-refractivity contribution in [2.24, 2.45) is 5.92 Å². The second kappa shape index (κ2) is 7.84. The van der Waals surface area contributed by atoms with E-state index in [1.54, 1.807) is 29.2 Å². The van der Waals surface area contributed by atoms with E-state index < -0.39 is 0 Å². The predicted molar refractivity (Wildman–Crippen MR) is 103 cm³/mol. The number of rotatable bonds is 4. The fraction of sp³-hybridized carbons (Fsp3) is 0.318. The molecule has 3 amide bonds. The molecule has 144 valence electrons. The van der Waals surface area contributed by atoms with Gasteiger partial charge in [-0.2, -0.15) is 0 Å². The van der Waals surface area contributed by atoms with Gasteiger partial charge in [-0.15, -0.1) is 0 Å². The van der Waals surface area contributed by atoms with Gasteiger partial charge in [0.1, 0.15) is 6.61 Å². The van der Waals surface area contributed by atoms with Crippen LogP contribution in [0.25, 0.3) is 0 Å². The van der Waals surface area contributed by atoms with Gasteiger partial charge in [0.2, 0.25) is 0 Å². The van der Waals surface area contributed by atoms with Gasteiger partial charge in [-0.05, 0) is 36.5 Å². The van der Waals surface area contributed by atoms with E-state index in [2.05, 4.69) is 0 Å².